The number of nitrogens with one attached hydrogen (secondary N) is 1. The molecule has 0 amide bonds. The van der Waals surface area contributed by atoms with E-state index in [4.69, 9.17) is 4.74 Å². The lowest BCUT2D eigenvalue weighted by atomic mass is 9.90. The molecule has 1 N–H and O–H groups in total. The Hall–Kier alpha value is -1.51. The zero-order valence-electron chi connectivity index (χ0n) is 9.04. The van der Waals surface area contributed by atoms with Crippen LogP contribution in [0.2, 0.25) is 0 Å². The summed E-state index contributed by atoms with van der Waals surface area (Å²) in [5.41, 5.74) is 3.29. The zero-order valence-corrected chi connectivity index (χ0v) is 9.04. The van der Waals surface area contributed by atoms with E-state index in [-0.39, 0.29) is 11.9 Å². The molecule has 0 spiro atoms. The van der Waals surface area contributed by atoms with Gasteiger partial charge in [0.25, 0.3) is 0 Å². The summed E-state index contributed by atoms with van der Waals surface area (Å²) in [5, 5.41) is 3.29. The number of carbonyl (C=O) groups excluding carboxylic acids is 1. The number of hydrogen-bond acceptors (Lipinski definition) is 3. The fourth-order valence-corrected chi connectivity index (χ4v) is 2.03. The highest BCUT2D eigenvalue weighted by atomic mass is 16.5. The number of aryl methyl sites for hydroxylation is 1. The molecule has 0 radical (unpaired) electrons. The Morgan fingerprint density at radius 3 is 3.07 bits per heavy atom. The van der Waals surface area contributed by atoms with Crippen LogP contribution < -0.4 is 5.32 Å². The van der Waals surface area contributed by atoms with Crippen LogP contribution in [0.15, 0.2) is 18.2 Å². The van der Waals surface area contributed by atoms with Crippen molar-refractivity contribution in [2.24, 2.45) is 0 Å². The minimum Gasteiger partial charge on any atom is -0.469 e. The standard InChI is InChI=1S/C12H15NO2/c1-8-3-4-11-10(7-8)9(5-6-13-11)12(14)15-2/h3-4,7,9,13H,5-6H2,1-2H3. The van der Waals surface area contributed by atoms with Crippen LogP contribution in [-0.2, 0) is 9.53 Å². The first-order chi connectivity index (χ1) is 7.22. The molecule has 1 aromatic carbocycles. The van der Waals surface area contributed by atoms with Crippen molar-refractivity contribution in [2.75, 3.05) is 19.0 Å². The van der Waals surface area contributed by atoms with E-state index in [1.54, 1.807) is 0 Å². The zero-order chi connectivity index (χ0) is 10.8. The van der Waals surface area contributed by atoms with E-state index >= 15 is 0 Å². The molecule has 0 saturated heterocycles. The number of ether oxygens (including phenoxy) is 1. The average Bonchev–Trinajstić information content (AvgIpc) is 2.27. The molecule has 0 saturated carbocycles. The number of carbonyl (C=O) groups is 1. The second kappa shape index (κ2) is 3.93. The average molecular weight is 205 g/mol. The lowest BCUT2D eigenvalue weighted by molar-refractivity contribution is -0.142. The van der Waals surface area contributed by atoms with Gasteiger partial charge in [0.05, 0.1) is 13.0 Å². The summed E-state index contributed by atoms with van der Waals surface area (Å²) in [4.78, 5) is 11.6. The van der Waals surface area contributed by atoms with Gasteiger partial charge in [-0.05, 0) is 25.0 Å². The van der Waals surface area contributed by atoms with Crippen LogP contribution in [-0.4, -0.2) is 19.6 Å². The number of fused-ring (bicyclic) bond motifs is 1. The van der Waals surface area contributed by atoms with E-state index in [1.165, 1.54) is 12.7 Å². The third-order valence-corrected chi connectivity index (χ3v) is 2.82. The van der Waals surface area contributed by atoms with Gasteiger partial charge in [-0.2, -0.15) is 0 Å². The second-order valence-corrected chi connectivity index (χ2v) is 3.88. The smallest absolute Gasteiger partial charge is 0.313 e. The molecule has 1 heterocycles. The maximum atomic E-state index is 11.6. The first-order valence-electron chi connectivity index (χ1n) is 5.14. The molecule has 2 rings (SSSR count). The predicted octanol–water partition coefficient (Wildman–Crippen LogP) is 2.07. The Bertz CT molecular complexity index is 387. The van der Waals surface area contributed by atoms with Gasteiger partial charge in [-0.3, -0.25) is 4.79 Å². The third kappa shape index (κ3) is 1.82. The van der Waals surface area contributed by atoms with Crippen LogP contribution in [0.1, 0.15) is 23.5 Å². The fraction of sp³-hybridized carbons (Fsp3) is 0.417. The fourth-order valence-electron chi connectivity index (χ4n) is 2.03. The Morgan fingerprint density at radius 2 is 2.33 bits per heavy atom. The molecule has 80 valence electrons. The van der Waals surface area contributed by atoms with Crippen LogP contribution in [0.3, 0.4) is 0 Å². The lowest BCUT2D eigenvalue weighted by Crippen LogP contribution is -2.23. The van der Waals surface area contributed by atoms with Gasteiger partial charge in [0.15, 0.2) is 0 Å². The van der Waals surface area contributed by atoms with Crippen molar-refractivity contribution in [1.82, 2.24) is 0 Å². The molecule has 1 atom stereocenters. The SMILES string of the molecule is COC(=O)C1CCNc2ccc(C)cc21. The molecule has 15 heavy (non-hydrogen) atoms. The van der Waals surface area contributed by atoms with Crippen LogP contribution in [0.4, 0.5) is 5.69 Å². The van der Waals surface area contributed by atoms with Crippen molar-refractivity contribution in [3.63, 3.8) is 0 Å². The minimum absolute atomic E-state index is 0.105. The predicted molar refractivity (Wildman–Crippen MR) is 59.0 cm³/mol. The monoisotopic (exact) mass is 205 g/mol. The summed E-state index contributed by atoms with van der Waals surface area (Å²) < 4.78 is 4.82. The van der Waals surface area contributed by atoms with Gasteiger partial charge in [0, 0.05) is 12.2 Å². The number of methoxy groups -OCH3 is 1. The lowest BCUT2D eigenvalue weighted by Gasteiger charge is -2.25. The molecule has 0 aliphatic carbocycles. The Morgan fingerprint density at radius 1 is 1.53 bits per heavy atom. The Kier molecular flexibility index (Phi) is 2.62. The Balaban J connectivity index is 2.40. The molecule has 1 aromatic rings. The van der Waals surface area contributed by atoms with Gasteiger partial charge in [-0.25, -0.2) is 0 Å². The molecule has 0 aromatic heterocycles. The van der Waals surface area contributed by atoms with Crippen LogP contribution in [0.25, 0.3) is 0 Å². The van der Waals surface area contributed by atoms with Crippen LogP contribution in [0.5, 0.6) is 0 Å². The van der Waals surface area contributed by atoms with Gasteiger partial charge >= 0.3 is 5.97 Å². The highest BCUT2D eigenvalue weighted by molar-refractivity contribution is 5.81. The summed E-state index contributed by atoms with van der Waals surface area (Å²) in [6, 6.07) is 6.13. The topological polar surface area (TPSA) is 38.3 Å². The molecule has 0 bridgehead atoms. The molecule has 0 fully saturated rings. The normalized spacial score (nSPS) is 18.9. The second-order valence-electron chi connectivity index (χ2n) is 3.88. The molecule has 1 aliphatic rings. The van der Waals surface area contributed by atoms with Gasteiger partial charge in [-0.1, -0.05) is 17.7 Å². The highest BCUT2D eigenvalue weighted by Gasteiger charge is 2.26. The van der Waals surface area contributed by atoms with Gasteiger partial charge < -0.3 is 10.1 Å². The first kappa shape index (κ1) is 10.0. The van der Waals surface area contributed by atoms with Crippen molar-refractivity contribution in [3.8, 4) is 0 Å². The van der Waals surface area contributed by atoms with Crippen LogP contribution >= 0.6 is 0 Å². The van der Waals surface area contributed by atoms with E-state index < -0.39 is 0 Å². The summed E-state index contributed by atoms with van der Waals surface area (Å²) in [5.74, 6) is -0.241. The van der Waals surface area contributed by atoms with E-state index in [2.05, 4.69) is 11.4 Å². The largest absolute Gasteiger partial charge is 0.469 e. The summed E-state index contributed by atoms with van der Waals surface area (Å²) >= 11 is 0. The number of hydrogen-bond donors (Lipinski definition) is 1. The highest BCUT2D eigenvalue weighted by Crippen LogP contribution is 2.32. The Labute approximate surface area is 89.4 Å². The van der Waals surface area contributed by atoms with E-state index in [1.807, 2.05) is 19.1 Å². The maximum Gasteiger partial charge on any atom is 0.313 e. The maximum absolute atomic E-state index is 11.6. The van der Waals surface area contributed by atoms with Crippen molar-refractivity contribution in [1.29, 1.82) is 0 Å². The van der Waals surface area contributed by atoms with Gasteiger partial charge in [0.1, 0.15) is 0 Å². The van der Waals surface area contributed by atoms with E-state index in [0.717, 1.165) is 24.2 Å². The van der Waals surface area contributed by atoms with Crippen molar-refractivity contribution < 1.29 is 9.53 Å². The molecule has 1 unspecified atom stereocenters. The van der Waals surface area contributed by atoms with Crippen molar-refractivity contribution >= 4 is 11.7 Å². The van der Waals surface area contributed by atoms with Crippen LogP contribution in [0, 0.1) is 6.92 Å². The van der Waals surface area contributed by atoms with Crippen molar-refractivity contribution in [3.05, 3.63) is 29.3 Å². The molecular formula is C12H15NO2. The molecular weight excluding hydrogens is 190 g/mol. The van der Waals surface area contributed by atoms with Gasteiger partial charge in [-0.15, -0.1) is 0 Å². The van der Waals surface area contributed by atoms with Crippen molar-refractivity contribution in [2.45, 2.75) is 19.3 Å². The van der Waals surface area contributed by atoms with E-state index in [9.17, 15) is 4.79 Å². The summed E-state index contributed by atoms with van der Waals surface area (Å²) in [6.45, 7) is 2.86. The molecule has 3 nitrogen and oxygen atoms in total. The molecule has 3 heteroatoms. The minimum atomic E-state index is -0.136. The quantitative estimate of drug-likeness (QED) is 0.713. The third-order valence-electron chi connectivity index (χ3n) is 2.82. The molecule has 1 aliphatic heterocycles. The summed E-state index contributed by atoms with van der Waals surface area (Å²) in [7, 11) is 1.44. The first-order valence-corrected chi connectivity index (χ1v) is 5.14. The van der Waals surface area contributed by atoms with Gasteiger partial charge in [0.2, 0.25) is 0 Å². The number of esters is 1. The van der Waals surface area contributed by atoms with E-state index in [0.29, 0.717) is 0 Å². The number of rotatable bonds is 1. The number of anilines is 1. The number of benzene rings is 1. The summed E-state index contributed by atoms with van der Waals surface area (Å²) in [6.07, 6.45) is 0.809.